The van der Waals surface area contributed by atoms with Gasteiger partial charge in [-0.3, -0.25) is 4.79 Å². The number of H-pyrrole nitrogens is 1. The van der Waals surface area contributed by atoms with Crippen molar-refractivity contribution < 1.29 is 0 Å². The van der Waals surface area contributed by atoms with E-state index >= 15 is 0 Å². The van der Waals surface area contributed by atoms with E-state index in [2.05, 4.69) is 14.5 Å². The fraction of sp³-hybridized carbons (Fsp3) is 0.158. The molecule has 4 aromatic rings. The zero-order valence-corrected chi connectivity index (χ0v) is 13.7. The monoisotopic (exact) mass is 333 g/mol. The normalized spacial score (nSPS) is 11.4. The second-order valence-corrected chi connectivity index (χ2v) is 6.09. The number of benzene rings is 2. The summed E-state index contributed by atoms with van der Waals surface area (Å²) in [6.45, 7) is 1.39. The largest absolute Gasteiger partial charge is 0.399 e. The lowest BCUT2D eigenvalue weighted by Crippen LogP contribution is -2.11. The molecule has 2 aromatic carbocycles. The molecule has 0 atom stereocenters. The van der Waals surface area contributed by atoms with Crippen LogP contribution in [-0.2, 0) is 6.54 Å². The van der Waals surface area contributed by atoms with Crippen molar-refractivity contribution >= 4 is 27.6 Å². The van der Waals surface area contributed by atoms with Gasteiger partial charge in [0.25, 0.3) is 5.56 Å². The summed E-state index contributed by atoms with van der Waals surface area (Å²) in [6.07, 6.45) is 2.82. The molecule has 6 nitrogen and oxygen atoms in total. The molecule has 4 rings (SSSR count). The van der Waals surface area contributed by atoms with Crippen LogP contribution >= 0.6 is 0 Å². The molecule has 0 unspecified atom stereocenters. The Morgan fingerprint density at radius 2 is 2.00 bits per heavy atom. The molecule has 0 radical (unpaired) electrons. The van der Waals surface area contributed by atoms with Crippen LogP contribution in [0.15, 0.2) is 53.5 Å². The Kier molecular flexibility index (Phi) is 3.74. The maximum Gasteiger partial charge on any atom is 0.275 e. The van der Waals surface area contributed by atoms with Gasteiger partial charge in [-0.1, -0.05) is 12.1 Å². The molecule has 2 heterocycles. The Balaban J connectivity index is 1.98. The molecule has 0 aliphatic rings. The molecule has 2 aromatic heterocycles. The van der Waals surface area contributed by atoms with E-state index in [1.165, 1.54) is 0 Å². The van der Waals surface area contributed by atoms with Crippen LogP contribution in [0.25, 0.3) is 33.2 Å². The van der Waals surface area contributed by atoms with Crippen molar-refractivity contribution in [1.82, 2.24) is 14.5 Å². The van der Waals surface area contributed by atoms with E-state index in [0.29, 0.717) is 17.9 Å². The smallest absolute Gasteiger partial charge is 0.275 e. The highest BCUT2D eigenvalue weighted by atomic mass is 16.1. The number of aromatic amines is 1. The first-order chi connectivity index (χ1) is 12.2. The summed E-state index contributed by atoms with van der Waals surface area (Å²) in [5, 5.41) is 0.922. The molecule has 5 N–H and O–H groups in total. The fourth-order valence-electron chi connectivity index (χ4n) is 3.16. The van der Waals surface area contributed by atoms with Crippen LogP contribution < -0.4 is 17.0 Å². The summed E-state index contributed by atoms with van der Waals surface area (Å²) < 4.78 is 2.10. The van der Waals surface area contributed by atoms with E-state index in [4.69, 9.17) is 11.5 Å². The summed E-state index contributed by atoms with van der Waals surface area (Å²) in [5.74, 6) is 0. The lowest BCUT2D eigenvalue weighted by Gasteiger charge is -2.03. The number of nitrogens with zero attached hydrogens (tertiary/aromatic N) is 2. The van der Waals surface area contributed by atoms with E-state index in [0.717, 1.165) is 40.5 Å². The quantitative estimate of drug-likeness (QED) is 0.499. The molecular formula is C19H19N5O. The number of hydrogen-bond acceptors (Lipinski definition) is 4. The second kappa shape index (κ2) is 6.07. The summed E-state index contributed by atoms with van der Waals surface area (Å²) in [6, 6.07) is 13.2. The molecule has 126 valence electrons. The van der Waals surface area contributed by atoms with E-state index < -0.39 is 0 Å². The van der Waals surface area contributed by atoms with Gasteiger partial charge in [-0.05, 0) is 43.3 Å². The van der Waals surface area contributed by atoms with Crippen LogP contribution in [0.5, 0.6) is 0 Å². The summed E-state index contributed by atoms with van der Waals surface area (Å²) in [4.78, 5) is 20.1. The number of fused-ring (bicyclic) bond motifs is 2. The van der Waals surface area contributed by atoms with Gasteiger partial charge in [-0.15, -0.1) is 0 Å². The third-order valence-electron chi connectivity index (χ3n) is 4.36. The Morgan fingerprint density at radius 1 is 1.16 bits per heavy atom. The number of nitrogen functional groups attached to an aromatic ring is 1. The molecule has 0 fully saturated rings. The predicted molar refractivity (Wildman–Crippen MR) is 101 cm³/mol. The van der Waals surface area contributed by atoms with Crippen molar-refractivity contribution in [3.8, 4) is 11.3 Å². The lowest BCUT2D eigenvalue weighted by atomic mass is 10.1. The number of aromatic nitrogens is 3. The van der Waals surface area contributed by atoms with Crippen molar-refractivity contribution in [3.05, 3.63) is 59.0 Å². The first-order valence-corrected chi connectivity index (χ1v) is 8.25. The summed E-state index contributed by atoms with van der Waals surface area (Å²) >= 11 is 0. The molecular weight excluding hydrogens is 314 g/mol. The average Bonchev–Trinajstić information content (AvgIpc) is 2.97. The van der Waals surface area contributed by atoms with Gasteiger partial charge >= 0.3 is 0 Å². The van der Waals surface area contributed by atoms with Crippen LogP contribution in [0, 0.1) is 0 Å². The summed E-state index contributed by atoms with van der Waals surface area (Å²) in [7, 11) is 0. The Hall–Kier alpha value is -3.12. The zero-order chi connectivity index (χ0) is 17.4. The third kappa shape index (κ3) is 2.66. The van der Waals surface area contributed by atoms with E-state index in [9.17, 15) is 4.79 Å². The number of para-hydroxylation sites is 2. The highest BCUT2D eigenvalue weighted by molar-refractivity contribution is 5.97. The van der Waals surface area contributed by atoms with Crippen molar-refractivity contribution in [3.63, 3.8) is 0 Å². The molecule has 0 aliphatic heterocycles. The predicted octanol–water partition coefficient (Wildman–Crippen LogP) is 2.48. The lowest BCUT2D eigenvalue weighted by molar-refractivity contribution is 0.671. The molecule has 0 amide bonds. The molecule has 6 heteroatoms. The highest BCUT2D eigenvalue weighted by Crippen LogP contribution is 2.30. The SMILES string of the molecule is NCCCn1cc(-c2nc3ccccc3[nH]c2=O)c2cc(N)ccc21. The number of rotatable bonds is 4. The van der Waals surface area contributed by atoms with Gasteiger partial charge in [0.1, 0.15) is 5.69 Å². The second-order valence-electron chi connectivity index (χ2n) is 6.09. The molecule has 0 aliphatic carbocycles. The Bertz CT molecular complexity index is 1130. The topological polar surface area (TPSA) is 103 Å². The van der Waals surface area contributed by atoms with Crippen LogP contribution in [-0.4, -0.2) is 21.1 Å². The zero-order valence-electron chi connectivity index (χ0n) is 13.7. The van der Waals surface area contributed by atoms with Crippen LogP contribution in [0.3, 0.4) is 0 Å². The Labute approximate surface area is 144 Å². The molecule has 25 heavy (non-hydrogen) atoms. The Morgan fingerprint density at radius 3 is 2.84 bits per heavy atom. The number of aryl methyl sites for hydroxylation is 1. The van der Waals surface area contributed by atoms with Gasteiger partial charge in [-0.25, -0.2) is 4.98 Å². The number of nitrogens with one attached hydrogen (secondary N) is 1. The molecule has 0 saturated carbocycles. The van der Waals surface area contributed by atoms with Crippen LogP contribution in [0.4, 0.5) is 5.69 Å². The van der Waals surface area contributed by atoms with E-state index in [-0.39, 0.29) is 5.56 Å². The highest BCUT2D eigenvalue weighted by Gasteiger charge is 2.15. The standard InChI is InChI=1S/C19H19N5O/c20-8-3-9-24-11-14(13-10-12(21)6-7-17(13)24)18-19(25)23-16-5-2-1-4-15(16)22-18/h1-2,4-7,10-11H,3,8-9,20-21H2,(H,23,25). The molecule has 0 saturated heterocycles. The van der Waals surface area contributed by atoms with Crippen molar-refractivity contribution in [1.29, 1.82) is 0 Å². The van der Waals surface area contributed by atoms with Gasteiger partial charge in [0.2, 0.25) is 0 Å². The van der Waals surface area contributed by atoms with Gasteiger partial charge in [0.05, 0.1) is 11.0 Å². The number of nitrogens with two attached hydrogens (primary N) is 2. The third-order valence-corrected chi connectivity index (χ3v) is 4.36. The molecule has 0 spiro atoms. The first-order valence-electron chi connectivity index (χ1n) is 8.25. The fourth-order valence-corrected chi connectivity index (χ4v) is 3.16. The maximum atomic E-state index is 12.6. The molecule has 0 bridgehead atoms. The minimum absolute atomic E-state index is 0.209. The van der Waals surface area contributed by atoms with Crippen molar-refractivity contribution in [2.45, 2.75) is 13.0 Å². The minimum Gasteiger partial charge on any atom is -0.399 e. The van der Waals surface area contributed by atoms with Crippen molar-refractivity contribution in [2.24, 2.45) is 5.73 Å². The summed E-state index contributed by atoms with van der Waals surface area (Å²) in [5.41, 5.74) is 15.8. The van der Waals surface area contributed by atoms with E-state index in [1.807, 2.05) is 48.7 Å². The van der Waals surface area contributed by atoms with Gasteiger partial charge < -0.3 is 21.0 Å². The van der Waals surface area contributed by atoms with Gasteiger partial charge in [-0.2, -0.15) is 0 Å². The number of hydrogen-bond donors (Lipinski definition) is 3. The van der Waals surface area contributed by atoms with Crippen LogP contribution in [0.1, 0.15) is 6.42 Å². The minimum atomic E-state index is -0.209. The van der Waals surface area contributed by atoms with Crippen molar-refractivity contribution in [2.75, 3.05) is 12.3 Å². The first kappa shape index (κ1) is 15.4. The van der Waals surface area contributed by atoms with E-state index in [1.54, 1.807) is 0 Å². The maximum absolute atomic E-state index is 12.6. The van der Waals surface area contributed by atoms with Gasteiger partial charge in [0.15, 0.2) is 0 Å². The number of anilines is 1. The average molecular weight is 333 g/mol. The van der Waals surface area contributed by atoms with Gasteiger partial charge in [0, 0.05) is 34.9 Å². The van der Waals surface area contributed by atoms with Crippen LogP contribution in [0.2, 0.25) is 0 Å².